The van der Waals surface area contributed by atoms with Gasteiger partial charge in [0.15, 0.2) is 12.8 Å². The van der Waals surface area contributed by atoms with Crippen molar-refractivity contribution in [2.24, 2.45) is 0 Å². The number of nitrogens with one attached hydrogen (secondary N) is 1. The molecule has 6 nitrogen and oxygen atoms in total. The van der Waals surface area contributed by atoms with E-state index in [2.05, 4.69) is 5.32 Å². The van der Waals surface area contributed by atoms with Gasteiger partial charge in [-0.15, -0.1) is 0 Å². The Hall–Kier alpha value is -2.34. The summed E-state index contributed by atoms with van der Waals surface area (Å²) in [5, 5.41) is 14.4. The van der Waals surface area contributed by atoms with Crippen molar-refractivity contribution in [1.82, 2.24) is 5.32 Å². The average Bonchev–Trinajstić information content (AvgIpc) is 2.47. The number of hydrogen-bond acceptors (Lipinski definition) is 4. The maximum atomic E-state index is 12.3. The van der Waals surface area contributed by atoms with E-state index in [9.17, 15) is 14.8 Å². The smallest absolute Gasteiger partial charge is 0.342 e. The summed E-state index contributed by atoms with van der Waals surface area (Å²) in [7, 11) is 0. The van der Waals surface area contributed by atoms with Gasteiger partial charge >= 0.3 is 5.97 Å². The Bertz CT molecular complexity index is 657. The molecule has 7 heteroatoms. The molecule has 0 fully saturated rings. The standard InChI is InChI=1S/C16H17ClN2O4/c1-2-23-15(21)16(9-13(17)10-19(22)11-16)18-14(20)8-12-6-4-3-5-7-12/h3-7,9-10H,2,8,11H2,1H3,(H,18,20). The lowest BCUT2D eigenvalue weighted by Gasteiger charge is -2.30. The zero-order valence-corrected chi connectivity index (χ0v) is 13.4. The first kappa shape index (κ1) is 17.0. The highest BCUT2D eigenvalue weighted by Crippen LogP contribution is 2.19. The molecule has 0 saturated carbocycles. The van der Waals surface area contributed by atoms with Crippen LogP contribution in [-0.4, -0.2) is 41.5 Å². The lowest BCUT2D eigenvalue weighted by molar-refractivity contribution is -0.460. The van der Waals surface area contributed by atoms with Crippen LogP contribution in [0.3, 0.4) is 0 Å². The molecule has 1 aromatic rings. The van der Waals surface area contributed by atoms with Crippen molar-refractivity contribution in [3.63, 3.8) is 0 Å². The minimum atomic E-state index is -1.59. The summed E-state index contributed by atoms with van der Waals surface area (Å²) in [6, 6.07) is 9.07. The van der Waals surface area contributed by atoms with Gasteiger partial charge in [-0.2, -0.15) is 0 Å². The number of amides is 1. The number of allylic oxidation sites excluding steroid dienone is 1. The fraction of sp³-hybridized carbons (Fsp3) is 0.312. The Balaban J connectivity index is 2.20. The molecule has 0 aliphatic carbocycles. The van der Waals surface area contributed by atoms with Crippen LogP contribution in [0.1, 0.15) is 12.5 Å². The number of benzene rings is 1. The van der Waals surface area contributed by atoms with Gasteiger partial charge in [0, 0.05) is 0 Å². The summed E-state index contributed by atoms with van der Waals surface area (Å²) in [6.07, 6.45) is 2.56. The van der Waals surface area contributed by atoms with Crippen molar-refractivity contribution >= 4 is 29.7 Å². The maximum Gasteiger partial charge on any atom is 0.342 e. The molecule has 1 amide bonds. The molecule has 122 valence electrons. The Kier molecular flexibility index (Phi) is 5.39. The van der Waals surface area contributed by atoms with Gasteiger partial charge in [-0.3, -0.25) is 4.79 Å². The molecular formula is C16H17ClN2O4. The number of hydroxylamine groups is 1. The van der Waals surface area contributed by atoms with E-state index in [1.807, 2.05) is 18.2 Å². The van der Waals surface area contributed by atoms with Gasteiger partial charge in [-0.25, -0.2) is 9.53 Å². The third kappa shape index (κ3) is 4.32. The van der Waals surface area contributed by atoms with Crippen LogP contribution in [-0.2, 0) is 20.7 Å². The molecule has 0 saturated heterocycles. The summed E-state index contributed by atoms with van der Waals surface area (Å²) in [5.41, 5.74) is -0.796. The zero-order valence-electron chi connectivity index (χ0n) is 12.6. The van der Waals surface area contributed by atoms with Gasteiger partial charge in [-0.05, 0) is 18.6 Å². The SMILES string of the molecule is CCOC(=O)C1(NC(=O)Cc2ccccc2)C=C(Cl)C=[N+]([O-])C1. The molecule has 0 radical (unpaired) electrons. The molecule has 1 aliphatic rings. The number of hydrogen-bond donors (Lipinski definition) is 1. The van der Waals surface area contributed by atoms with Gasteiger partial charge in [0.05, 0.1) is 13.0 Å². The predicted octanol–water partition coefficient (Wildman–Crippen LogP) is 1.36. The Morgan fingerprint density at radius 2 is 2.09 bits per heavy atom. The molecular weight excluding hydrogens is 320 g/mol. The number of carbonyl (C=O) groups excluding carboxylic acids is 2. The summed E-state index contributed by atoms with van der Waals surface area (Å²) >= 11 is 5.89. The monoisotopic (exact) mass is 336 g/mol. The van der Waals surface area contributed by atoms with Crippen LogP contribution in [0.15, 0.2) is 41.4 Å². The number of halogens is 1. The molecule has 1 heterocycles. The Labute approximate surface area is 139 Å². The van der Waals surface area contributed by atoms with Crippen LogP contribution in [0.25, 0.3) is 0 Å². The fourth-order valence-electron chi connectivity index (χ4n) is 2.33. The lowest BCUT2D eigenvalue weighted by atomic mass is 9.96. The van der Waals surface area contributed by atoms with Crippen molar-refractivity contribution in [1.29, 1.82) is 0 Å². The zero-order chi connectivity index (χ0) is 16.9. The lowest BCUT2D eigenvalue weighted by Crippen LogP contribution is -2.60. The van der Waals surface area contributed by atoms with Gasteiger partial charge in [0.2, 0.25) is 11.4 Å². The van der Waals surface area contributed by atoms with E-state index in [0.717, 1.165) is 11.8 Å². The molecule has 1 N–H and O–H groups in total. The number of ether oxygens (including phenoxy) is 1. The molecule has 1 aliphatic heterocycles. The summed E-state index contributed by atoms with van der Waals surface area (Å²) < 4.78 is 5.50. The van der Waals surface area contributed by atoms with E-state index in [-0.39, 0.29) is 24.6 Å². The first-order valence-corrected chi connectivity index (χ1v) is 7.52. The fourth-order valence-corrected chi connectivity index (χ4v) is 2.63. The topological polar surface area (TPSA) is 81.5 Å². The van der Waals surface area contributed by atoms with E-state index < -0.39 is 17.4 Å². The van der Waals surface area contributed by atoms with Crippen LogP contribution in [0.2, 0.25) is 0 Å². The first-order chi connectivity index (χ1) is 10.9. The number of carbonyl (C=O) groups is 2. The van der Waals surface area contributed by atoms with E-state index in [0.29, 0.717) is 4.74 Å². The van der Waals surface area contributed by atoms with Crippen LogP contribution in [0.4, 0.5) is 0 Å². The minimum Gasteiger partial charge on any atom is -0.624 e. The molecule has 1 atom stereocenters. The Morgan fingerprint density at radius 3 is 2.70 bits per heavy atom. The third-order valence-corrected chi connectivity index (χ3v) is 3.47. The Morgan fingerprint density at radius 1 is 1.39 bits per heavy atom. The summed E-state index contributed by atoms with van der Waals surface area (Å²) in [4.78, 5) is 24.6. The summed E-state index contributed by atoms with van der Waals surface area (Å²) in [5.74, 6) is -1.12. The second-order valence-electron chi connectivity index (χ2n) is 5.14. The second kappa shape index (κ2) is 7.28. The molecule has 23 heavy (non-hydrogen) atoms. The van der Waals surface area contributed by atoms with Crippen molar-refractivity contribution in [2.45, 2.75) is 18.9 Å². The van der Waals surface area contributed by atoms with Crippen molar-refractivity contribution in [2.75, 3.05) is 13.2 Å². The highest BCUT2D eigenvalue weighted by molar-refractivity contribution is 6.39. The molecule has 0 spiro atoms. The molecule has 1 aromatic carbocycles. The van der Waals surface area contributed by atoms with Crippen LogP contribution < -0.4 is 5.32 Å². The van der Waals surface area contributed by atoms with Crippen molar-refractivity contribution in [3.05, 3.63) is 52.2 Å². The quantitative estimate of drug-likeness (QED) is 0.500. The van der Waals surface area contributed by atoms with Gasteiger partial charge in [0.25, 0.3) is 0 Å². The highest BCUT2D eigenvalue weighted by Gasteiger charge is 2.45. The molecule has 2 rings (SSSR count). The van der Waals surface area contributed by atoms with Crippen LogP contribution in [0, 0.1) is 5.21 Å². The summed E-state index contributed by atoms with van der Waals surface area (Å²) in [6.45, 7) is 1.48. The van der Waals surface area contributed by atoms with E-state index in [1.165, 1.54) is 6.08 Å². The maximum absolute atomic E-state index is 12.3. The second-order valence-corrected chi connectivity index (χ2v) is 5.57. The van der Waals surface area contributed by atoms with Gasteiger partial charge in [0.1, 0.15) is 5.03 Å². The highest BCUT2D eigenvalue weighted by atomic mass is 35.5. The third-order valence-electron chi connectivity index (χ3n) is 3.27. The van der Waals surface area contributed by atoms with Gasteiger partial charge < -0.3 is 15.3 Å². The average molecular weight is 337 g/mol. The molecule has 0 bridgehead atoms. The first-order valence-electron chi connectivity index (χ1n) is 7.14. The largest absolute Gasteiger partial charge is 0.624 e. The van der Waals surface area contributed by atoms with E-state index in [4.69, 9.17) is 16.3 Å². The minimum absolute atomic E-state index is 0.0688. The van der Waals surface area contributed by atoms with E-state index in [1.54, 1.807) is 19.1 Å². The number of nitrogens with zero attached hydrogens (tertiary/aromatic N) is 1. The number of rotatable bonds is 5. The van der Waals surface area contributed by atoms with E-state index >= 15 is 0 Å². The van der Waals surface area contributed by atoms with Crippen LogP contribution in [0.5, 0.6) is 0 Å². The van der Waals surface area contributed by atoms with Crippen molar-refractivity contribution in [3.8, 4) is 0 Å². The van der Waals surface area contributed by atoms with Crippen LogP contribution >= 0.6 is 11.6 Å². The molecule has 0 aromatic heterocycles. The van der Waals surface area contributed by atoms with Crippen molar-refractivity contribution < 1.29 is 19.1 Å². The normalized spacial score (nSPS) is 20.3. The predicted molar refractivity (Wildman–Crippen MR) is 86.1 cm³/mol. The number of esters is 1. The van der Waals surface area contributed by atoms with Gasteiger partial charge in [-0.1, -0.05) is 41.9 Å². The molecule has 1 unspecified atom stereocenters.